The number of rotatable bonds is 4. The van der Waals surface area contributed by atoms with E-state index < -0.39 is 0 Å². The fourth-order valence-electron chi connectivity index (χ4n) is 1.13. The number of aldehydes is 1. The van der Waals surface area contributed by atoms with Crippen LogP contribution < -0.4 is 4.74 Å². The van der Waals surface area contributed by atoms with Crippen molar-refractivity contribution in [2.75, 3.05) is 7.11 Å². The number of nitrogens with zero attached hydrogens (tertiary/aromatic N) is 1. The normalized spacial score (nSPS) is 12.2. The van der Waals surface area contributed by atoms with Crippen LogP contribution in [0.5, 0.6) is 5.88 Å². The molecule has 0 aliphatic carbocycles. The van der Waals surface area contributed by atoms with E-state index in [0.717, 1.165) is 18.4 Å². The third-order valence-electron chi connectivity index (χ3n) is 1.94. The Kier molecular flexibility index (Phi) is 3.43. The molecule has 1 rings (SSSR count). The van der Waals surface area contributed by atoms with Crippen LogP contribution in [0.15, 0.2) is 18.2 Å². The van der Waals surface area contributed by atoms with Gasteiger partial charge >= 0.3 is 0 Å². The van der Waals surface area contributed by atoms with E-state index in [2.05, 4.69) is 4.98 Å². The van der Waals surface area contributed by atoms with Gasteiger partial charge in [-0.15, -0.1) is 0 Å². The van der Waals surface area contributed by atoms with E-state index in [1.54, 1.807) is 13.2 Å². The number of pyridine rings is 1. The smallest absolute Gasteiger partial charge is 0.213 e. The van der Waals surface area contributed by atoms with Crippen LogP contribution in [0.25, 0.3) is 0 Å². The van der Waals surface area contributed by atoms with Crippen LogP contribution in [0.4, 0.5) is 0 Å². The van der Waals surface area contributed by atoms with Gasteiger partial charge in [0, 0.05) is 6.07 Å². The molecule has 1 aromatic heterocycles. The van der Waals surface area contributed by atoms with Gasteiger partial charge in [0.25, 0.3) is 0 Å². The summed E-state index contributed by atoms with van der Waals surface area (Å²) in [4.78, 5) is 14.8. The fourth-order valence-corrected chi connectivity index (χ4v) is 1.13. The number of methoxy groups -OCH3 is 1. The molecule has 0 aliphatic rings. The Morgan fingerprint density at radius 3 is 2.92 bits per heavy atom. The maximum absolute atomic E-state index is 10.7. The first-order chi connectivity index (χ1) is 6.31. The average molecular weight is 179 g/mol. The lowest BCUT2D eigenvalue weighted by atomic mass is 10.0. The number of aromatic nitrogens is 1. The van der Waals surface area contributed by atoms with E-state index in [-0.39, 0.29) is 5.92 Å². The van der Waals surface area contributed by atoms with Crippen LogP contribution >= 0.6 is 0 Å². The van der Waals surface area contributed by atoms with E-state index >= 15 is 0 Å². The minimum Gasteiger partial charge on any atom is -0.481 e. The summed E-state index contributed by atoms with van der Waals surface area (Å²) in [6.07, 6.45) is 1.69. The SMILES string of the molecule is CCC(C=O)c1cccc(OC)n1. The molecule has 1 heterocycles. The molecular formula is C10H13NO2. The van der Waals surface area contributed by atoms with Gasteiger partial charge in [-0.25, -0.2) is 4.98 Å². The molecule has 0 amide bonds. The van der Waals surface area contributed by atoms with E-state index in [9.17, 15) is 4.79 Å². The minimum atomic E-state index is -0.116. The van der Waals surface area contributed by atoms with Gasteiger partial charge in [-0.1, -0.05) is 13.0 Å². The highest BCUT2D eigenvalue weighted by atomic mass is 16.5. The largest absolute Gasteiger partial charge is 0.481 e. The van der Waals surface area contributed by atoms with Crippen molar-refractivity contribution in [1.29, 1.82) is 0 Å². The number of hydrogen-bond acceptors (Lipinski definition) is 3. The lowest BCUT2D eigenvalue weighted by molar-refractivity contribution is -0.109. The predicted molar refractivity (Wildman–Crippen MR) is 49.9 cm³/mol. The molecule has 0 radical (unpaired) electrons. The summed E-state index contributed by atoms with van der Waals surface area (Å²) >= 11 is 0. The van der Waals surface area contributed by atoms with Crippen molar-refractivity contribution in [2.24, 2.45) is 0 Å². The van der Waals surface area contributed by atoms with Gasteiger partial charge in [0.1, 0.15) is 6.29 Å². The van der Waals surface area contributed by atoms with Crippen LogP contribution in [-0.4, -0.2) is 18.4 Å². The van der Waals surface area contributed by atoms with E-state index in [4.69, 9.17) is 4.74 Å². The van der Waals surface area contributed by atoms with Gasteiger partial charge in [-0.3, -0.25) is 0 Å². The highest BCUT2D eigenvalue weighted by molar-refractivity contribution is 5.60. The summed E-state index contributed by atoms with van der Waals surface area (Å²) in [5, 5.41) is 0. The Hall–Kier alpha value is -1.38. The molecule has 1 aromatic rings. The molecule has 70 valence electrons. The second-order valence-corrected chi connectivity index (χ2v) is 2.76. The molecular weight excluding hydrogens is 166 g/mol. The van der Waals surface area contributed by atoms with Gasteiger partial charge in [0.05, 0.1) is 18.7 Å². The first kappa shape index (κ1) is 9.71. The summed E-state index contributed by atoms with van der Waals surface area (Å²) in [6.45, 7) is 1.96. The quantitative estimate of drug-likeness (QED) is 0.661. The molecule has 0 bridgehead atoms. The van der Waals surface area contributed by atoms with Crippen molar-refractivity contribution < 1.29 is 9.53 Å². The number of ether oxygens (including phenoxy) is 1. The maximum Gasteiger partial charge on any atom is 0.213 e. The Bertz CT molecular complexity index is 286. The molecule has 1 atom stereocenters. The molecule has 0 spiro atoms. The zero-order valence-corrected chi connectivity index (χ0v) is 7.86. The minimum absolute atomic E-state index is 0.116. The average Bonchev–Trinajstić information content (AvgIpc) is 2.20. The van der Waals surface area contributed by atoms with Crippen molar-refractivity contribution in [3.05, 3.63) is 23.9 Å². The van der Waals surface area contributed by atoms with E-state index in [0.29, 0.717) is 5.88 Å². The summed E-state index contributed by atoms with van der Waals surface area (Å²) in [5.74, 6) is 0.438. The molecule has 3 heteroatoms. The zero-order chi connectivity index (χ0) is 9.68. The molecule has 3 nitrogen and oxygen atoms in total. The number of carbonyl (C=O) groups is 1. The zero-order valence-electron chi connectivity index (χ0n) is 7.86. The van der Waals surface area contributed by atoms with Crippen molar-refractivity contribution >= 4 is 6.29 Å². The van der Waals surface area contributed by atoms with Gasteiger partial charge < -0.3 is 9.53 Å². The molecule has 0 fully saturated rings. The van der Waals surface area contributed by atoms with Crippen LogP contribution in [0.1, 0.15) is 25.0 Å². The van der Waals surface area contributed by atoms with Crippen molar-refractivity contribution in [2.45, 2.75) is 19.3 Å². The van der Waals surface area contributed by atoms with Crippen molar-refractivity contribution in [1.82, 2.24) is 4.98 Å². The van der Waals surface area contributed by atoms with Gasteiger partial charge in [-0.2, -0.15) is 0 Å². The first-order valence-electron chi connectivity index (χ1n) is 4.28. The van der Waals surface area contributed by atoms with Crippen molar-refractivity contribution in [3.63, 3.8) is 0 Å². The molecule has 0 aromatic carbocycles. The monoisotopic (exact) mass is 179 g/mol. The standard InChI is InChI=1S/C10H13NO2/c1-3-8(7-12)9-5-4-6-10(11-9)13-2/h4-8H,3H2,1-2H3. The molecule has 0 aliphatic heterocycles. The summed E-state index contributed by atoms with van der Waals surface area (Å²) in [5.41, 5.74) is 0.775. The summed E-state index contributed by atoms with van der Waals surface area (Å²) in [6, 6.07) is 5.44. The van der Waals surface area contributed by atoms with Crippen molar-refractivity contribution in [3.8, 4) is 5.88 Å². The highest BCUT2D eigenvalue weighted by Crippen LogP contribution is 2.17. The summed E-state index contributed by atoms with van der Waals surface area (Å²) in [7, 11) is 1.56. The first-order valence-corrected chi connectivity index (χ1v) is 4.28. The topological polar surface area (TPSA) is 39.2 Å². The van der Waals surface area contributed by atoms with Crippen LogP contribution in [-0.2, 0) is 4.79 Å². The molecule has 1 unspecified atom stereocenters. The number of carbonyl (C=O) groups excluding carboxylic acids is 1. The third kappa shape index (κ3) is 2.28. The molecule has 13 heavy (non-hydrogen) atoms. The molecule has 0 saturated heterocycles. The van der Waals surface area contributed by atoms with Crippen LogP contribution in [0, 0.1) is 0 Å². The Morgan fingerprint density at radius 2 is 2.38 bits per heavy atom. The lowest BCUT2D eigenvalue weighted by Crippen LogP contribution is -2.02. The van der Waals surface area contributed by atoms with Gasteiger partial charge in [0.2, 0.25) is 5.88 Å². The van der Waals surface area contributed by atoms with E-state index in [1.807, 2.05) is 19.1 Å². The van der Waals surface area contributed by atoms with Gasteiger partial charge in [0.15, 0.2) is 0 Å². The van der Waals surface area contributed by atoms with Crippen LogP contribution in [0.2, 0.25) is 0 Å². The fraction of sp³-hybridized carbons (Fsp3) is 0.400. The predicted octanol–water partition coefficient (Wildman–Crippen LogP) is 1.78. The van der Waals surface area contributed by atoms with Gasteiger partial charge in [-0.05, 0) is 12.5 Å². The lowest BCUT2D eigenvalue weighted by Gasteiger charge is -2.07. The Morgan fingerprint density at radius 1 is 1.62 bits per heavy atom. The highest BCUT2D eigenvalue weighted by Gasteiger charge is 2.09. The number of hydrogen-bond donors (Lipinski definition) is 0. The molecule has 0 saturated carbocycles. The maximum atomic E-state index is 10.7. The Balaban J connectivity index is 2.92. The molecule has 0 N–H and O–H groups in total. The summed E-state index contributed by atoms with van der Waals surface area (Å²) < 4.78 is 4.97. The van der Waals surface area contributed by atoms with E-state index in [1.165, 1.54) is 0 Å². The second kappa shape index (κ2) is 4.60. The Labute approximate surface area is 77.8 Å². The second-order valence-electron chi connectivity index (χ2n) is 2.76. The third-order valence-corrected chi connectivity index (χ3v) is 1.94. The van der Waals surface area contributed by atoms with Crippen LogP contribution in [0.3, 0.4) is 0 Å².